The standard InChI is InChI=1S/C8H7NO7/c9-3(10)1-2-4-15-7(13)5(11)6(12)8(14)16-4/h4-6,11-12H,(H2,9,10). The Bertz CT molecular complexity index is 371. The summed E-state index contributed by atoms with van der Waals surface area (Å²) in [5.41, 5.74) is 4.68. The first-order chi connectivity index (χ1) is 7.41. The van der Waals surface area contributed by atoms with Gasteiger partial charge in [-0.15, -0.1) is 0 Å². The van der Waals surface area contributed by atoms with Crippen molar-refractivity contribution in [1.29, 1.82) is 0 Å². The van der Waals surface area contributed by atoms with Gasteiger partial charge in [-0.1, -0.05) is 0 Å². The van der Waals surface area contributed by atoms with E-state index < -0.39 is 36.3 Å². The molecule has 1 fully saturated rings. The number of cyclic esters (lactones) is 2. The van der Waals surface area contributed by atoms with Crippen LogP contribution in [0.1, 0.15) is 0 Å². The first-order valence-corrected chi connectivity index (χ1v) is 4.00. The first kappa shape index (κ1) is 12.0. The van der Waals surface area contributed by atoms with Crippen LogP contribution in [0.25, 0.3) is 0 Å². The van der Waals surface area contributed by atoms with Gasteiger partial charge in [0.25, 0.3) is 5.91 Å². The van der Waals surface area contributed by atoms with Gasteiger partial charge in [-0.3, -0.25) is 4.79 Å². The van der Waals surface area contributed by atoms with Crippen LogP contribution in [0.5, 0.6) is 0 Å². The van der Waals surface area contributed by atoms with Crippen LogP contribution in [0.3, 0.4) is 0 Å². The maximum absolute atomic E-state index is 11.0. The summed E-state index contributed by atoms with van der Waals surface area (Å²) in [7, 11) is 0. The molecule has 1 aliphatic heterocycles. The molecule has 86 valence electrons. The summed E-state index contributed by atoms with van der Waals surface area (Å²) in [6.07, 6.45) is -5.78. The fourth-order valence-electron chi connectivity index (χ4n) is 0.821. The van der Waals surface area contributed by atoms with Crippen molar-refractivity contribution >= 4 is 17.8 Å². The molecule has 1 saturated heterocycles. The summed E-state index contributed by atoms with van der Waals surface area (Å²) in [5, 5.41) is 18.1. The van der Waals surface area contributed by atoms with Gasteiger partial charge in [0, 0.05) is 5.92 Å². The van der Waals surface area contributed by atoms with Crippen LogP contribution in [-0.2, 0) is 23.9 Å². The Hall–Kier alpha value is -2.11. The lowest BCUT2D eigenvalue weighted by atomic mass is 10.2. The zero-order chi connectivity index (χ0) is 12.3. The van der Waals surface area contributed by atoms with Gasteiger partial charge >= 0.3 is 18.2 Å². The number of primary amides is 1. The Morgan fingerprint density at radius 1 is 1.19 bits per heavy atom. The van der Waals surface area contributed by atoms with Gasteiger partial charge in [0.05, 0.1) is 0 Å². The predicted octanol–water partition coefficient (Wildman–Crippen LogP) is -3.38. The Balaban J connectivity index is 2.85. The first-order valence-electron chi connectivity index (χ1n) is 4.00. The molecule has 0 aromatic heterocycles. The topological polar surface area (TPSA) is 136 Å². The van der Waals surface area contributed by atoms with Crippen molar-refractivity contribution in [2.75, 3.05) is 0 Å². The van der Waals surface area contributed by atoms with Crippen LogP contribution in [0, 0.1) is 11.8 Å². The molecule has 0 bridgehead atoms. The molecule has 0 saturated carbocycles. The van der Waals surface area contributed by atoms with Crippen molar-refractivity contribution in [2.45, 2.75) is 18.5 Å². The molecule has 0 spiro atoms. The average Bonchev–Trinajstić information content (AvgIpc) is 2.30. The van der Waals surface area contributed by atoms with Crippen LogP contribution in [-0.4, -0.2) is 46.6 Å². The van der Waals surface area contributed by atoms with Gasteiger partial charge in [-0.2, -0.15) is 0 Å². The van der Waals surface area contributed by atoms with Gasteiger partial charge in [0.1, 0.15) is 0 Å². The number of ether oxygens (including phenoxy) is 2. The summed E-state index contributed by atoms with van der Waals surface area (Å²) in [4.78, 5) is 32.2. The van der Waals surface area contributed by atoms with Gasteiger partial charge in [0.2, 0.25) is 0 Å². The minimum absolute atomic E-state index is 1.02. The molecule has 4 N–H and O–H groups in total. The number of carbonyl (C=O) groups excluding carboxylic acids is 3. The van der Waals surface area contributed by atoms with Crippen LogP contribution >= 0.6 is 0 Å². The van der Waals surface area contributed by atoms with E-state index in [0.717, 1.165) is 0 Å². The highest BCUT2D eigenvalue weighted by Gasteiger charge is 2.39. The van der Waals surface area contributed by atoms with E-state index in [0.29, 0.717) is 0 Å². The quantitative estimate of drug-likeness (QED) is 0.291. The van der Waals surface area contributed by atoms with Crippen LogP contribution in [0.15, 0.2) is 0 Å². The fourth-order valence-corrected chi connectivity index (χ4v) is 0.821. The third-order valence-corrected chi connectivity index (χ3v) is 1.54. The third kappa shape index (κ3) is 2.69. The zero-order valence-corrected chi connectivity index (χ0v) is 7.75. The van der Waals surface area contributed by atoms with E-state index >= 15 is 0 Å². The average molecular weight is 229 g/mol. The molecule has 16 heavy (non-hydrogen) atoms. The summed E-state index contributed by atoms with van der Waals surface area (Å²) in [5.74, 6) is 0.119. The van der Waals surface area contributed by atoms with E-state index in [1.54, 1.807) is 5.92 Å². The number of carbonyl (C=O) groups is 3. The van der Waals surface area contributed by atoms with Crippen molar-refractivity contribution < 1.29 is 34.1 Å². The third-order valence-electron chi connectivity index (χ3n) is 1.54. The van der Waals surface area contributed by atoms with E-state index in [2.05, 4.69) is 15.2 Å². The maximum atomic E-state index is 11.0. The van der Waals surface area contributed by atoms with Crippen LogP contribution in [0.2, 0.25) is 0 Å². The van der Waals surface area contributed by atoms with Gasteiger partial charge in [-0.05, 0) is 5.92 Å². The Labute approximate surface area is 88.9 Å². The smallest absolute Gasteiger partial charge is 0.342 e. The van der Waals surface area contributed by atoms with Gasteiger partial charge in [-0.25, -0.2) is 9.59 Å². The highest BCUT2D eigenvalue weighted by Crippen LogP contribution is 2.09. The largest absolute Gasteiger partial charge is 0.411 e. The number of amides is 1. The predicted molar refractivity (Wildman–Crippen MR) is 45.0 cm³/mol. The number of aliphatic hydroxyl groups excluding tert-OH is 2. The van der Waals surface area contributed by atoms with Crippen molar-refractivity contribution in [3.63, 3.8) is 0 Å². The van der Waals surface area contributed by atoms with Crippen molar-refractivity contribution in [3.05, 3.63) is 0 Å². The van der Waals surface area contributed by atoms with E-state index in [1.807, 2.05) is 5.92 Å². The van der Waals surface area contributed by atoms with E-state index in [-0.39, 0.29) is 0 Å². The summed E-state index contributed by atoms with van der Waals surface area (Å²) < 4.78 is 8.68. The second-order valence-corrected chi connectivity index (χ2v) is 2.73. The summed E-state index contributed by atoms with van der Waals surface area (Å²) in [6, 6.07) is 0. The monoisotopic (exact) mass is 229 g/mol. The molecule has 1 aliphatic rings. The molecule has 1 heterocycles. The van der Waals surface area contributed by atoms with Gasteiger partial charge < -0.3 is 25.4 Å². The Morgan fingerprint density at radius 2 is 1.62 bits per heavy atom. The van der Waals surface area contributed by atoms with Crippen LogP contribution in [0.4, 0.5) is 0 Å². The zero-order valence-electron chi connectivity index (χ0n) is 7.75. The van der Waals surface area contributed by atoms with Crippen LogP contribution < -0.4 is 5.73 Å². The molecule has 8 nitrogen and oxygen atoms in total. The molecule has 0 aromatic rings. The second kappa shape index (κ2) is 4.61. The lowest BCUT2D eigenvalue weighted by Crippen LogP contribution is -2.38. The van der Waals surface area contributed by atoms with Crippen molar-refractivity contribution in [3.8, 4) is 11.8 Å². The molecule has 8 heteroatoms. The highest BCUT2D eigenvalue weighted by molar-refractivity contribution is 5.92. The number of hydrogen-bond donors (Lipinski definition) is 3. The number of rotatable bonds is 0. The maximum Gasteiger partial charge on any atom is 0.342 e. The number of esters is 2. The van der Waals surface area contributed by atoms with E-state index in [4.69, 9.17) is 10.2 Å². The fraction of sp³-hybridized carbons (Fsp3) is 0.375. The minimum atomic E-state index is -2.05. The summed E-state index contributed by atoms with van der Waals surface area (Å²) >= 11 is 0. The Kier molecular flexibility index (Phi) is 3.44. The molecule has 1 amide bonds. The molecule has 1 rings (SSSR count). The molecule has 2 atom stereocenters. The SMILES string of the molecule is NC(=O)C#CC1OC(=O)C(O)C(O)C(=O)O1. The number of hydrogen-bond acceptors (Lipinski definition) is 7. The molecule has 0 aliphatic carbocycles. The molecule has 0 aromatic carbocycles. The molecule has 2 unspecified atom stereocenters. The number of aliphatic hydroxyl groups is 2. The molecule has 0 radical (unpaired) electrons. The Morgan fingerprint density at radius 3 is 2.00 bits per heavy atom. The van der Waals surface area contributed by atoms with Crippen molar-refractivity contribution in [1.82, 2.24) is 0 Å². The molecular formula is C8H7NO7. The lowest BCUT2D eigenvalue weighted by Gasteiger charge is -2.07. The van der Waals surface area contributed by atoms with Crippen molar-refractivity contribution in [2.24, 2.45) is 5.73 Å². The summed E-state index contributed by atoms with van der Waals surface area (Å²) in [6.45, 7) is 0. The van der Waals surface area contributed by atoms with E-state index in [9.17, 15) is 14.4 Å². The second-order valence-electron chi connectivity index (χ2n) is 2.73. The molecular weight excluding hydrogens is 222 g/mol. The normalized spacial score (nSPS) is 29.2. The highest BCUT2D eigenvalue weighted by atomic mass is 16.7. The number of nitrogens with two attached hydrogens (primary N) is 1. The van der Waals surface area contributed by atoms with E-state index in [1.165, 1.54) is 0 Å². The minimum Gasteiger partial charge on any atom is -0.411 e. The lowest BCUT2D eigenvalue weighted by molar-refractivity contribution is -0.173. The van der Waals surface area contributed by atoms with Gasteiger partial charge in [0.15, 0.2) is 12.2 Å².